The fourth-order valence-corrected chi connectivity index (χ4v) is 1.30. The van der Waals surface area contributed by atoms with E-state index < -0.39 is 11.8 Å². The average molecular weight is 251 g/mol. The fourth-order valence-electron chi connectivity index (χ4n) is 1.30. The molecule has 1 aromatic carbocycles. The van der Waals surface area contributed by atoms with Crippen molar-refractivity contribution in [2.45, 2.75) is 6.61 Å². The Bertz CT molecular complexity index is 404. The Morgan fingerprint density at radius 1 is 1.22 bits per heavy atom. The van der Waals surface area contributed by atoms with Crippen LogP contribution in [0, 0.1) is 0 Å². The lowest BCUT2D eigenvalue weighted by atomic mass is 10.2. The number of amides is 2. The number of hydrogen-bond acceptors (Lipinski definition) is 4. The molecule has 2 amide bonds. The third kappa shape index (κ3) is 4.52. The second kappa shape index (κ2) is 7.41. The molecule has 98 valence electrons. The van der Waals surface area contributed by atoms with Crippen LogP contribution in [0.5, 0.6) is 0 Å². The molecule has 0 bridgehead atoms. The highest BCUT2D eigenvalue weighted by molar-refractivity contribution is 6.39. The molecule has 0 heterocycles. The van der Waals surface area contributed by atoms with Crippen molar-refractivity contribution in [3.05, 3.63) is 29.8 Å². The van der Waals surface area contributed by atoms with Gasteiger partial charge in [-0.25, -0.2) is 0 Å². The van der Waals surface area contributed by atoms with Crippen molar-refractivity contribution in [1.82, 2.24) is 5.32 Å². The van der Waals surface area contributed by atoms with Crippen molar-refractivity contribution in [2.24, 2.45) is 5.73 Å². The number of benzene rings is 1. The van der Waals surface area contributed by atoms with Crippen LogP contribution in [0.15, 0.2) is 24.3 Å². The Balaban J connectivity index is 2.51. The minimum Gasteiger partial charge on any atom is -0.380 e. The van der Waals surface area contributed by atoms with E-state index >= 15 is 0 Å². The maximum absolute atomic E-state index is 11.4. The van der Waals surface area contributed by atoms with Crippen molar-refractivity contribution in [3.63, 3.8) is 0 Å². The highest BCUT2D eigenvalue weighted by atomic mass is 16.5. The third-order valence-electron chi connectivity index (χ3n) is 2.16. The van der Waals surface area contributed by atoms with Crippen molar-refractivity contribution < 1.29 is 14.3 Å². The quantitative estimate of drug-likeness (QED) is 0.634. The van der Waals surface area contributed by atoms with Crippen molar-refractivity contribution in [1.29, 1.82) is 0 Å². The van der Waals surface area contributed by atoms with Crippen LogP contribution in [0.25, 0.3) is 0 Å². The lowest BCUT2D eigenvalue weighted by Gasteiger charge is -2.06. The second-order valence-corrected chi connectivity index (χ2v) is 3.63. The van der Waals surface area contributed by atoms with Crippen LogP contribution in [0.1, 0.15) is 5.56 Å². The van der Waals surface area contributed by atoms with Gasteiger partial charge in [0.05, 0.1) is 6.61 Å². The van der Waals surface area contributed by atoms with E-state index in [1.54, 1.807) is 19.2 Å². The molecule has 6 nitrogen and oxygen atoms in total. The molecule has 0 saturated heterocycles. The first-order chi connectivity index (χ1) is 8.67. The summed E-state index contributed by atoms with van der Waals surface area (Å²) in [5.41, 5.74) is 6.76. The first-order valence-electron chi connectivity index (χ1n) is 5.54. The summed E-state index contributed by atoms with van der Waals surface area (Å²) < 4.78 is 4.97. The SMILES string of the molecule is COCc1ccc(NC(=O)C(=O)NCCN)cc1. The smallest absolute Gasteiger partial charge is 0.313 e. The van der Waals surface area contributed by atoms with Gasteiger partial charge in [-0.3, -0.25) is 9.59 Å². The van der Waals surface area contributed by atoms with E-state index in [9.17, 15) is 9.59 Å². The van der Waals surface area contributed by atoms with Crippen molar-refractivity contribution in [3.8, 4) is 0 Å². The highest BCUT2D eigenvalue weighted by Crippen LogP contribution is 2.09. The molecule has 18 heavy (non-hydrogen) atoms. The second-order valence-electron chi connectivity index (χ2n) is 3.63. The summed E-state index contributed by atoms with van der Waals surface area (Å²) in [6.45, 7) is 1.08. The molecule has 0 atom stereocenters. The van der Waals surface area contributed by atoms with Crippen LogP contribution >= 0.6 is 0 Å². The largest absolute Gasteiger partial charge is 0.380 e. The molecule has 6 heteroatoms. The summed E-state index contributed by atoms with van der Waals surface area (Å²) in [6, 6.07) is 7.05. The van der Waals surface area contributed by atoms with Gasteiger partial charge in [-0.2, -0.15) is 0 Å². The summed E-state index contributed by atoms with van der Waals surface area (Å²) in [6.07, 6.45) is 0. The first-order valence-corrected chi connectivity index (χ1v) is 5.54. The van der Waals surface area contributed by atoms with Gasteiger partial charge in [0, 0.05) is 25.9 Å². The zero-order valence-electron chi connectivity index (χ0n) is 10.2. The zero-order chi connectivity index (χ0) is 13.4. The summed E-state index contributed by atoms with van der Waals surface area (Å²) >= 11 is 0. The molecule has 0 aliphatic heterocycles. The van der Waals surface area contributed by atoms with Gasteiger partial charge in [0.1, 0.15) is 0 Å². The molecule has 0 aliphatic carbocycles. The third-order valence-corrected chi connectivity index (χ3v) is 2.16. The van der Waals surface area contributed by atoms with Crippen LogP contribution in [-0.2, 0) is 20.9 Å². The number of nitrogens with one attached hydrogen (secondary N) is 2. The Morgan fingerprint density at radius 3 is 2.44 bits per heavy atom. The monoisotopic (exact) mass is 251 g/mol. The number of anilines is 1. The molecule has 0 aromatic heterocycles. The van der Waals surface area contributed by atoms with Crippen LogP contribution < -0.4 is 16.4 Å². The summed E-state index contributed by atoms with van der Waals surface area (Å²) in [5.74, 6) is -1.40. The zero-order valence-corrected chi connectivity index (χ0v) is 10.2. The van der Waals surface area contributed by atoms with Crippen molar-refractivity contribution in [2.75, 3.05) is 25.5 Å². The van der Waals surface area contributed by atoms with Crippen molar-refractivity contribution >= 4 is 17.5 Å². The van der Waals surface area contributed by atoms with Crippen LogP contribution in [0.4, 0.5) is 5.69 Å². The van der Waals surface area contributed by atoms with Gasteiger partial charge >= 0.3 is 11.8 Å². The van der Waals surface area contributed by atoms with Crippen LogP contribution in [-0.4, -0.2) is 32.0 Å². The van der Waals surface area contributed by atoms with E-state index in [2.05, 4.69) is 10.6 Å². The standard InChI is InChI=1S/C12H17N3O3/c1-18-8-9-2-4-10(5-3-9)15-12(17)11(16)14-7-6-13/h2-5H,6-8,13H2,1H3,(H,14,16)(H,15,17). The van der Waals surface area contributed by atoms with Gasteiger partial charge in [0.15, 0.2) is 0 Å². The number of nitrogens with two attached hydrogens (primary N) is 1. The van der Waals surface area contributed by atoms with E-state index in [1.165, 1.54) is 0 Å². The van der Waals surface area contributed by atoms with Crippen LogP contribution in [0.2, 0.25) is 0 Å². The predicted molar refractivity (Wildman–Crippen MR) is 67.8 cm³/mol. The predicted octanol–water partition coefficient (Wildman–Crippen LogP) is -0.154. The Kier molecular flexibility index (Phi) is 5.83. The summed E-state index contributed by atoms with van der Waals surface area (Å²) in [5, 5.41) is 4.88. The van der Waals surface area contributed by atoms with E-state index in [0.717, 1.165) is 5.56 Å². The van der Waals surface area contributed by atoms with Gasteiger partial charge in [-0.15, -0.1) is 0 Å². The average Bonchev–Trinajstić information content (AvgIpc) is 2.38. The fraction of sp³-hybridized carbons (Fsp3) is 0.333. The number of carbonyl (C=O) groups is 2. The molecule has 0 fully saturated rings. The molecule has 1 rings (SSSR count). The Hall–Kier alpha value is -1.92. The van der Waals surface area contributed by atoms with E-state index in [0.29, 0.717) is 18.8 Å². The number of rotatable bonds is 5. The van der Waals surface area contributed by atoms with Gasteiger partial charge in [0.2, 0.25) is 0 Å². The normalized spacial score (nSPS) is 9.89. The minimum atomic E-state index is -0.706. The molecule has 4 N–H and O–H groups in total. The Morgan fingerprint density at radius 2 is 1.89 bits per heavy atom. The number of ether oxygens (including phenoxy) is 1. The maximum atomic E-state index is 11.4. The van der Waals surface area contributed by atoms with Gasteiger partial charge in [-0.1, -0.05) is 12.1 Å². The molecular formula is C12H17N3O3. The van der Waals surface area contributed by atoms with Gasteiger partial charge < -0.3 is 21.1 Å². The van der Waals surface area contributed by atoms with Crippen LogP contribution in [0.3, 0.4) is 0 Å². The molecular weight excluding hydrogens is 234 g/mol. The molecule has 0 radical (unpaired) electrons. The summed E-state index contributed by atoms with van der Waals surface area (Å²) in [7, 11) is 1.61. The number of methoxy groups -OCH3 is 1. The first kappa shape index (κ1) is 14.1. The summed E-state index contributed by atoms with van der Waals surface area (Å²) in [4.78, 5) is 22.7. The van der Waals surface area contributed by atoms with E-state index in [4.69, 9.17) is 10.5 Å². The molecule has 0 spiro atoms. The Labute approximate surface area is 105 Å². The maximum Gasteiger partial charge on any atom is 0.313 e. The van der Waals surface area contributed by atoms with E-state index in [-0.39, 0.29) is 6.54 Å². The molecule has 0 unspecified atom stereocenters. The molecule has 1 aromatic rings. The number of carbonyl (C=O) groups excluding carboxylic acids is 2. The minimum absolute atomic E-state index is 0.277. The lowest BCUT2D eigenvalue weighted by Crippen LogP contribution is -2.37. The lowest BCUT2D eigenvalue weighted by molar-refractivity contribution is -0.136. The highest BCUT2D eigenvalue weighted by Gasteiger charge is 2.12. The van der Waals surface area contributed by atoms with Gasteiger partial charge in [-0.05, 0) is 17.7 Å². The van der Waals surface area contributed by atoms with Gasteiger partial charge in [0.25, 0.3) is 0 Å². The topological polar surface area (TPSA) is 93.4 Å². The number of hydrogen-bond donors (Lipinski definition) is 3. The molecule has 0 aliphatic rings. The molecule has 0 saturated carbocycles. The van der Waals surface area contributed by atoms with E-state index in [1.807, 2.05) is 12.1 Å².